The lowest BCUT2D eigenvalue weighted by Gasteiger charge is -2.05. The van der Waals surface area contributed by atoms with E-state index in [0.717, 1.165) is 12.1 Å². The number of nitrogen functional groups attached to an aromatic ring is 1. The molecule has 1 aromatic carbocycles. The second-order valence-corrected chi connectivity index (χ2v) is 3.94. The summed E-state index contributed by atoms with van der Waals surface area (Å²) in [7, 11) is 0. The number of nitrogens with zero attached hydrogens (tertiary/aromatic N) is 3. The van der Waals surface area contributed by atoms with Crippen LogP contribution >= 0.6 is 0 Å². The number of hydrazone groups is 1. The van der Waals surface area contributed by atoms with E-state index in [-0.39, 0.29) is 11.6 Å². The summed E-state index contributed by atoms with van der Waals surface area (Å²) in [6, 6.07) is 3.47. The molecule has 8 nitrogen and oxygen atoms in total. The Hall–Kier alpha value is -3.11. The Bertz CT molecular complexity index is 680. The molecule has 2 amide bonds. The van der Waals surface area contributed by atoms with Gasteiger partial charge in [0.2, 0.25) is 11.6 Å². The minimum absolute atomic E-state index is 0.0813. The lowest BCUT2D eigenvalue weighted by Crippen LogP contribution is -2.24. The molecule has 0 aliphatic carbocycles. The Kier molecular flexibility index (Phi) is 4.25. The van der Waals surface area contributed by atoms with Crippen LogP contribution in [0.15, 0.2) is 34.0 Å². The lowest BCUT2D eigenvalue weighted by atomic mass is 10.1. The van der Waals surface area contributed by atoms with Crippen LogP contribution in [0.4, 0.5) is 29.6 Å². The smallest absolute Gasteiger partial charge is 0.378 e. The van der Waals surface area contributed by atoms with E-state index in [4.69, 9.17) is 5.73 Å². The molecule has 0 atom stereocenters. The molecule has 0 fully saturated rings. The summed E-state index contributed by atoms with van der Waals surface area (Å²) in [5.74, 6) is -0.191. The van der Waals surface area contributed by atoms with Gasteiger partial charge in [-0.3, -0.25) is 5.32 Å². The molecular formula is C11H9F3N6O2. The number of alkyl halides is 3. The zero-order valence-corrected chi connectivity index (χ0v) is 10.8. The molecule has 11 heteroatoms. The van der Waals surface area contributed by atoms with E-state index in [2.05, 4.69) is 30.8 Å². The summed E-state index contributed by atoms with van der Waals surface area (Å²) in [6.45, 7) is 0. The van der Waals surface area contributed by atoms with E-state index < -0.39 is 17.8 Å². The average Bonchev–Trinajstić information content (AvgIpc) is 2.84. The molecule has 22 heavy (non-hydrogen) atoms. The Morgan fingerprint density at radius 1 is 1.27 bits per heavy atom. The predicted octanol–water partition coefficient (Wildman–Crippen LogP) is 1.83. The van der Waals surface area contributed by atoms with Crippen molar-refractivity contribution in [3.8, 4) is 0 Å². The number of rotatable bonds is 3. The minimum Gasteiger partial charge on any atom is -0.378 e. The van der Waals surface area contributed by atoms with Gasteiger partial charge in [-0.1, -0.05) is 12.1 Å². The number of urea groups is 1. The minimum atomic E-state index is -4.40. The van der Waals surface area contributed by atoms with Crippen molar-refractivity contribution in [1.29, 1.82) is 0 Å². The number of amides is 2. The van der Waals surface area contributed by atoms with Crippen LogP contribution in [0, 0.1) is 0 Å². The molecule has 0 aliphatic rings. The monoisotopic (exact) mass is 314 g/mol. The number of hydrogen-bond donors (Lipinski definition) is 3. The van der Waals surface area contributed by atoms with E-state index >= 15 is 0 Å². The molecule has 1 heterocycles. The first-order valence-corrected chi connectivity index (χ1v) is 5.71. The van der Waals surface area contributed by atoms with E-state index in [1.807, 2.05) is 0 Å². The quantitative estimate of drug-likeness (QED) is 0.590. The van der Waals surface area contributed by atoms with Crippen LogP contribution in [0.3, 0.4) is 0 Å². The highest BCUT2D eigenvalue weighted by Gasteiger charge is 2.29. The SMILES string of the molecule is Nc1nonc1NC(=O)N/N=C\c1ccc(C(F)(F)F)cc1. The second kappa shape index (κ2) is 6.11. The molecule has 0 spiro atoms. The van der Waals surface area contributed by atoms with Gasteiger partial charge in [0.05, 0.1) is 11.8 Å². The highest BCUT2D eigenvalue weighted by atomic mass is 19.4. The Balaban J connectivity index is 1.89. The van der Waals surface area contributed by atoms with Crippen LogP contribution in [0.2, 0.25) is 0 Å². The maximum atomic E-state index is 12.4. The van der Waals surface area contributed by atoms with Gasteiger partial charge in [0.25, 0.3) is 0 Å². The maximum absolute atomic E-state index is 12.4. The number of nitrogens with two attached hydrogens (primary N) is 1. The molecule has 0 saturated carbocycles. The third kappa shape index (κ3) is 3.94. The summed E-state index contributed by atoms with van der Waals surface area (Å²) in [5.41, 5.74) is 6.99. The summed E-state index contributed by atoms with van der Waals surface area (Å²) >= 11 is 0. The van der Waals surface area contributed by atoms with Crippen LogP contribution in [0.1, 0.15) is 11.1 Å². The van der Waals surface area contributed by atoms with Gasteiger partial charge < -0.3 is 5.73 Å². The molecule has 0 aliphatic heterocycles. The number of halogens is 3. The fraction of sp³-hybridized carbons (Fsp3) is 0.0909. The molecule has 4 N–H and O–H groups in total. The number of aromatic nitrogens is 2. The third-order valence-electron chi connectivity index (χ3n) is 2.36. The Morgan fingerprint density at radius 3 is 2.50 bits per heavy atom. The topological polar surface area (TPSA) is 118 Å². The van der Waals surface area contributed by atoms with Crippen LogP contribution in [-0.2, 0) is 6.18 Å². The van der Waals surface area contributed by atoms with Crippen LogP contribution in [-0.4, -0.2) is 22.6 Å². The van der Waals surface area contributed by atoms with Gasteiger partial charge in [-0.2, -0.15) is 18.3 Å². The maximum Gasteiger partial charge on any atom is 0.416 e. The highest BCUT2D eigenvalue weighted by Crippen LogP contribution is 2.28. The van der Waals surface area contributed by atoms with E-state index in [1.165, 1.54) is 18.3 Å². The molecule has 0 saturated heterocycles. The molecule has 0 bridgehead atoms. The predicted molar refractivity (Wildman–Crippen MR) is 69.9 cm³/mol. The van der Waals surface area contributed by atoms with Gasteiger partial charge in [0.1, 0.15) is 0 Å². The standard InChI is InChI=1S/C11H9F3N6O2/c12-11(13,14)7-3-1-6(2-4-7)5-16-18-10(21)17-9-8(15)19-22-20-9/h1-5H,(H2,15,19)(H2,17,18,20,21)/b16-5-. The van der Waals surface area contributed by atoms with Crippen LogP contribution < -0.4 is 16.5 Å². The van der Waals surface area contributed by atoms with Gasteiger partial charge in [-0.05, 0) is 28.0 Å². The Labute approximate surface area is 121 Å². The second-order valence-electron chi connectivity index (χ2n) is 3.94. The zero-order chi connectivity index (χ0) is 16.2. The van der Waals surface area contributed by atoms with Crippen molar-refractivity contribution in [1.82, 2.24) is 15.7 Å². The van der Waals surface area contributed by atoms with Gasteiger partial charge >= 0.3 is 12.2 Å². The van der Waals surface area contributed by atoms with Gasteiger partial charge in [0, 0.05) is 0 Å². The molecule has 0 radical (unpaired) electrons. The summed E-state index contributed by atoms with van der Waals surface area (Å²) in [6.07, 6.45) is -3.23. The molecule has 0 unspecified atom stereocenters. The first-order chi connectivity index (χ1) is 10.4. The number of anilines is 2. The lowest BCUT2D eigenvalue weighted by molar-refractivity contribution is -0.137. The number of carbonyl (C=O) groups is 1. The summed E-state index contributed by atoms with van der Waals surface area (Å²) < 4.78 is 41.3. The molecule has 2 rings (SSSR count). The number of nitrogens with one attached hydrogen (secondary N) is 2. The summed E-state index contributed by atoms with van der Waals surface area (Å²) in [4.78, 5) is 11.4. The van der Waals surface area contributed by atoms with Crippen molar-refractivity contribution >= 4 is 23.9 Å². The molecule has 2 aromatic rings. The highest BCUT2D eigenvalue weighted by molar-refractivity contribution is 5.91. The molecule has 1 aromatic heterocycles. The van der Waals surface area contributed by atoms with Crippen molar-refractivity contribution in [2.75, 3.05) is 11.1 Å². The Morgan fingerprint density at radius 2 is 1.95 bits per heavy atom. The van der Waals surface area contributed by atoms with Gasteiger partial charge in [0.15, 0.2) is 0 Å². The fourth-order valence-electron chi connectivity index (χ4n) is 1.34. The normalized spacial score (nSPS) is 11.6. The average molecular weight is 314 g/mol. The number of carbonyl (C=O) groups excluding carboxylic acids is 1. The van der Waals surface area contributed by atoms with Crippen LogP contribution in [0.5, 0.6) is 0 Å². The van der Waals surface area contributed by atoms with Crippen molar-refractivity contribution in [2.45, 2.75) is 6.18 Å². The van der Waals surface area contributed by atoms with Crippen molar-refractivity contribution in [3.05, 3.63) is 35.4 Å². The van der Waals surface area contributed by atoms with E-state index in [0.29, 0.717) is 5.56 Å². The van der Waals surface area contributed by atoms with Crippen molar-refractivity contribution in [2.24, 2.45) is 5.10 Å². The largest absolute Gasteiger partial charge is 0.416 e. The summed E-state index contributed by atoms with van der Waals surface area (Å²) in [5, 5.41) is 12.3. The van der Waals surface area contributed by atoms with Gasteiger partial charge in [-0.15, -0.1) is 0 Å². The fourth-order valence-corrected chi connectivity index (χ4v) is 1.34. The first-order valence-electron chi connectivity index (χ1n) is 5.71. The van der Waals surface area contributed by atoms with Crippen LogP contribution in [0.25, 0.3) is 0 Å². The van der Waals surface area contributed by atoms with Crippen molar-refractivity contribution < 1.29 is 22.6 Å². The molecular weight excluding hydrogens is 305 g/mol. The zero-order valence-electron chi connectivity index (χ0n) is 10.8. The van der Waals surface area contributed by atoms with E-state index in [9.17, 15) is 18.0 Å². The van der Waals surface area contributed by atoms with E-state index in [1.54, 1.807) is 0 Å². The first kappa shape index (κ1) is 15.3. The number of benzene rings is 1. The van der Waals surface area contributed by atoms with Crippen molar-refractivity contribution in [3.63, 3.8) is 0 Å². The molecule has 116 valence electrons. The third-order valence-corrected chi connectivity index (χ3v) is 2.36. The van der Waals surface area contributed by atoms with Gasteiger partial charge in [-0.25, -0.2) is 14.8 Å². The number of hydrogen-bond acceptors (Lipinski definition) is 6.